The van der Waals surface area contributed by atoms with Crippen LogP contribution in [-0.2, 0) is 76.7 Å². The third kappa shape index (κ3) is 31.1. The SMILES string of the molecule is CC(C)C[C@H](NC(=O)[C@H](CC(N)=O)NC(=O)[C@@H](N)CC(C)C)C(=O)N[C@@H](CCC(N)=O)C(=O)N[C@@H](CCCCN)C(=O)N[C@@H](CC(=O)O)C(=O)N[C@@H](CCC(=O)O)C(=O)N1CCC[C@H]1C(=O)N[C@@H](CC(N)=O)C(=O)NCC(=O)N[C@@H](CCCN=C(N)N)C(=O)O. The first-order valence-corrected chi connectivity index (χ1v) is 29.1. The molecular weight excluding hydrogens is 1190 g/mol. The molecule has 0 spiro atoms. The van der Waals surface area contributed by atoms with Crippen LogP contribution >= 0.6 is 0 Å². The fourth-order valence-electron chi connectivity index (χ4n) is 9.07. The molecule has 13 amide bonds. The average Bonchev–Trinajstić information content (AvgIpc) is 3.02. The van der Waals surface area contributed by atoms with Crippen molar-refractivity contribution >= 4 is 101 Å². The maximum absolute atomic E-state index is 14.3. The number of carboxylic acids is 3. The van der Waals surface area contributed by atoms with Gasteiger partial charge < -0.3 is 108 Å². The number of unbranched alkanes of at least 4 members (excludes halogenated alkanes) is 1. The first-order valence-electron chi connectivity index (χ1n) is 29.1. The Bertz CT molecular complexity index is 2600. The largest absolute Gasteiger partial charge is 0.481 e. The zero-order chi connectivity index (χ0) is 68.5. The van der Waals surface area contributed by atoms with Crippen LogP contribution in [0.2, 0.25) is 0 Å². The van der Waals surface area contributed by atoms with Crippen molar-refractivity contribution in [3.05, 3.63) is 0 Å². The normalized spacial score (nSPS) is 15.7. The predicted octanol–water partition coefficient (Wildman–Crippen LogP) is -7.99. The van der Waals surface area contributed by atoms with Gasteiger partial charge in [-0.25, -0.2) is 4.79 Å². The summed E-state index contributed by atoms with van der Waals surface area (Å²) >= 11 is 0. The summed E-state index contributed by atoms with van der Waals surface area (Å²) in [6.07, 6.45) is -4.99. The summed E-state index contributed by atoms with van der Waals surface area (Å²) in [7, 11) is 0. The molecule has 0 bridgehead atoms. The van der Waals surface area contributed by atoms with Crippen molar-refractivity contribution in [3.8, 4) is 0 Å². The second-order valence-corrected chi connectivity index (χ2v) is 22.3. The average molecular weight is 1280 g/mol. The number of carboxylic acid groups (broad SMARTS) is 3. The number of rotatable bonds is 44. The van der Waals surface area contributed by atoms with Crippen molar-refractivity contribution in [2.75, 3.05) is 26.2 Å². The number of hydrogen-bond donors (Lipinski definition) is 19. The minimum atomic E-state index is -2.08. The van der Waals surface area contributed by atoms with Gasteiger partial charge in [-0.05, 0) is 89.0 Å². The van der Waals surface area contributed by atoms with E-state index in [4.69, 9.17) is 40.1 Å². The smallest absolute Gasteiger partial charge is 0.326 e. The number of hydrogen-bond acceptors (Lipinski definition) is 19. The van der Waals surface area contributed by atoms with Gasteiger partial charge in [0.25, 0.3) is 0 Å². The highest BCUT2D eigenvalue weighted by atomic mass is 16.4. The lowest BCUT2D eigenvalue weighted by Gasteiger charge is -2.30. The molecule has 0 aromatic heterocycles. The van der Waals surface area contributed by atoms with Crippen LogP contribution in [0, 0.1) is 11.8 Å². The van der Waals surface area contributed by atoms with Crippen molar-refractivity contribution in [1.82, 2.24) is 52.8 Å². The monoisotopic (exact) mass is 1280 g/mol. The highest BCUT2D eigenvalue weighted by Crippen LogP contribution is 2.21. The predicted molar refractivity (Wildman–Crippen MR) is 316 cm³/mol. The second kappa shape index (κ2) is 40.3. The summed E-state index contributed by atoms with van der Waals surface area (Å²) in [5.74, 6) is -19.0. The molecule has 1 heterocycles. The molecule has 506 valence electrons. The van der Waals surface area contributed by atoms with Crippen molar-refractivity contribution < 1.29 is 92.0 Å². The number of primary amides is 3. The summed E-state index contributed by atoms with van der Waals surface area (Å²) in [5, 5.41) is 49.9. The molecule has 26 N–H and O–H groups in total. The minimum Gasteiger partial charge on any atom is -0.481 e. The molecule has 1 aliphatic rings. The minimum absolute atomic E-state index is 0.0292. The summed E-state index contributed by atoms with van der Waals surface area (Å²) in [4.78, 5) is 214. The van der Waals surface area contributed by atoms with Gasteiger partial charge in [-0.3, -0.25) is 76.9 Å². The molecule has 37 nitrogen and oxygen atoms in total. The fraction of sp³-hybridized carbons (Fsp3) is 0.679. The Hall–Kier alpha value is -9.29. The third-order valence-electron chi connectivity index (χ3n) is 13.5. The Morgan fingerprint density at radius 2 is 0.978 bits per heavy atom. The van der Waals surface area contributed by atoms with E-state index in [2.05, 4.69) is 52.8 Å². The summed E-state index contributed by atoms with van der Waals surface area (Å²) in [6.45, 7) is 6.02. The fourth-order valence-corrected chi connectivity index (χ4v) is 9.07. The molecule has 1 fully saturated rings. The molecule has 0 aromatic rings. The molecule has 0 aromatic carbocycles. The molecule has 0 aliphatic carbocycles. The van der Waals surface area contributed by atoms with Crippen LogP contribution in [0.15, 0.2) is 4.99 Å². The van der Waals surface area contributed by atoms with Crippen molar-refractivity contribution in [3.63, 3.8) is 0 Å². The quantitative estimate of drug-likeness (QED) is 0.0153. The number of nitrogens with zero attached hydrogens (tertiary/aromatic N) is 2. The van der Waals surface area contributed by atoms with Crippen LogP contribution in [0.5, 0.6) is 0 Å². The van der Waals surface area contributed by atoms with Gasteiger partial charge in [0.2, 0.25) is 76.8 Å². The van der Waals surface area contributed by atoms with Gasteiger partial charge >= 0.3 is 17.9 Å². The van der Waals surface area contributed by atoms with Crippen molar-refractivity contribution in [1.29, 1.82) is 0 Å². The molecule has 1 saturated heterocycles. The van der Waals surface area contributed by atoms with E-state index in [1.54, 1.807) is 27.7 Å². The van der Waals surface area contributed by atoms with Gasteiger partial charge in [0, 0.05) is 25.9 Å². The lowest BCUT2D eigenvalue weighted by Crippen LogP contribution is -2.61. The maximum atomic E-state index is 14.3. The number of nitrogens with one attached hydrogen (secondary N) is 9. The van der Waals surface area contributed by atoms with Crippen LogP contribution in [0.3, 0.4) is 0 Å². The van der Waals surface area contributed by atoms with Crippen LogP contribution in [-0.4, -0.2) is 207 Å². The Labute approximate surface area is 518 Å². The van der Waals surface area contributed by atoms with Crippen LogP contribution in [0.4, 0.5) is 0 Å². The van der Waals surface area contributed by atoms with E-state index in [9.17, 15) is 92.0 Å². The van der Waals surface area contributed by atoms with Gasteiger partial charge in [0.15, 0.2) is 5.96 Å². The van der Waals surface area contributed by atoms with E-state index in [-0.39, 0.29) is 95.2 Å². The van der Waals surface area contributed by atoms with Crippen molar-refractivity contribution in [2.45, 2.75) is 191 Å². The number of aliphatic carboxylic acids is 3. The number of carbonyl (C=O) groups is 16. The topological polar surface area (TPSA) is 640 Å². The first-order chi connectivity index (χ1) is 42.1. The van der Waals surface area contributed by atoms with E-state index in [1.165, 1.54) is 0 Å². The summed E-state index contributed by atoms with van der Waals surface area (Å²) < 4.78 is 0. The van der Waals surface area contributed by atoms with Gasteiger partial charge in [0.05, 0.1) is 31.8 Å². The van der Waals surface area contributed by atoms with E-state index in [1.807, 2.05) is 0 Å². The second-order valence-electron chi connectivity index (χ2n) is 22.3. The van der Waals surface area contributed by atoms with Gasteiger partial charge in [-0.1, -0.05) is 27.7 Å². The number of nitrogens with two attached hydrogens (primary N) is 7. The molecule has 1 aliphatic heterocycles. The van der Waals surface area contributed by atoms with Crippen LogP contribution in [0.1, 0.15) is 130 Å². The van der Waals surface area contributed by atoms with Gasteiger partial charge in [-0.15, -0.1) is 0 Å². The van der Waals surface area contributed by atoms with Crippen LogP contribution < -0.4 is 88.0 Å². The molecule has 10 atom stereocenters. The summed E-state index contributed by atoms with van der Waals surface area (Å²) in [6, 6.07) is -16.1. The molecule has 1 rings (SSSR count). The molecule has 90 heavy (non-hydrogen) atoms. The maximum Gasteiger partial charge on any atom is 0.326 e. The van der Waals surface area contributed by atoms with Crippen LogP contribution in [0.25, 0.3) is 0 Å². The van der Waals surface area contributed by atoms with E-state index in [0.29, 0.717) is 0 Å². The number of guanidine groups is 1. The lowest BCUT2D eigenvalue weighted by molar-refractivity contribution is -0.144. The Morgan fingerprint density at radius 3 is 1.49 bits per heavy atom. The number of aliphatic imine (C=N–C) groups is 1. The number of likely N-dealkylation sites (tertiary alicyclic amines) is 1. The Kier molecular flexibility index (Phi) is 35.2. The highest BCUT2D eigenvalue weighted by Gasteiger charge is 2.41. The zero-order valence-corrected chi connectivity index (χ0v) is 50.9. The van der Waals surface area contributed by atoms with E-state index >= 15 is 0 Å². The van der Waals surface area contributed by atoms with Gasteiger partial charge in [0.1, 0.15) is 54.4 Å². The Morgan fingerprint density at radius 1 is 0.500 bits per heavy atom. The zero-order valence-electron chi connectivity index (χ0n) is 50.9. The number of carbonyl (C=O) groups excluding carboxylic acids is 13. The molecular formula is C53H90N18O19. The standard InChI is InChI=1S/C53H90N18O19/c1-25(2)19-27(55)43(80)67-34(22-39(58)74)48(85)68-32(20-26(3)4)47(84)65-29(12-14-37(56)72)46(83)64-28(9-5-6-16-54)45(82)69-35(23-42(78)79)49(86)66-30(13-15-41(76)77)51(88)71-18-8-11-36(71)50(87)70-33(21-38(57)73)44(81)62-24-40(75)63-31(52(89)90)10-7-17-61-53(59)60/h25-36H,5-24,54-55H2,1-4H3,(H2,56,72)(H2,57,73)(H2,58,74)(H,62,81)(H,63,75)(H,64,83)(H,65,84)(H,66,86)(H,67,80)(H,68,85)(H,69,82)(H,70,87)(H,76,77)(H,78,79)(H,89,90)(H4,59,60,61)/t27-,28-,29-,30-,31-,32-,33-,34-,35-,36-/m0/s1. The highest BCUT2D eigenvalue weighted by molar-refractivity contribution is 6.00. The molecule has 37 heteroatoms. The Balaban J connectivity index is 3.52. The molecule has 0 radical (unpaired) electrons. The molecule has 0 unspecified atom stereocenters. The number of amides is 13. The summed E-state index contributed by atoms with van der Waals surface area (Å²) in [5.41, 5.74) is 38.3. The third-order valence-corrected chi connectivity index (χ3v) is 13.5. The van der Waals surface area contributed by atoms with E-state index < -0.39 is 207 Å². The molecule has 0 saturated carbocycles. The first kappa shape index (κ1) is 78.7. The van der Waals surface area contributed by atoms with Gasteiger partial charge in [-0.2, -0.15) is 0 Å². The lowest BCUT2D eigenvalue weighted by atomic mass is 10.0. The van der Waals surface area contributed by atoms with E-state index in [0.717, 1.165) is 4.90 Å². The van der Waals surface area contributed by atoms with Crippen molar-refractivity contribution in [2.24, 2.45) is 57.0 Å².